The van der Waals surface area contributed by atoms with Gasteiger partial charge in [-0.25, -0.2) is 0 Å². The Bertz CT molecular complexity index is 427. The van der Waals surface area contributed by atoms with Crippen LogP contribution in [0.1, 0.15) is 53.4 Å². The fourth-order valence-electron chi connectivity index (χ4n) is 1.70. The summed E-state index contributed by atoms with van der Waals surface area (Å²) in [7, 11) is 0. The highest BCUT2D eigenvalue weighted by atomic mass is 19.3. The van der Waals surface area contributed by atoms with E-state index in [0.29, 0.717) is 24.8 Å². The van der Waals surface area contributed by atoms with Gasteiger partial charge in [0.25, 0.3) is 0 Å². The predicted octanol–water partition coefficient (Wildman–Crippen LogP) is 3.37. The normalized spacial score (nSPS) is 14.0. The molecule has 142 valence electrons. The lowest BCUT2D eigenvalue weighted by Gasteiger charge is -2.11. The fraction of sp³-hybridized carbons (Fsp3) is 0.647. The van der Waals surface area contributed by atoms with Gasteiger partial charge in [-0.1, -0.05) is 25.5 Å². The first-order valence-corrected chi connectivity index (χ1v) is 7.91. The minimum absolute atomic E-state index is 0.0671. The SMILES string of the molecule is CC/C(O)=C(COF)\C(O)=C(/C)C/C(C)=C/CCO.CCC(O)O. The summed E-state index contributed by atoms with van der Waals surface area (Å²) in [5.74, 6) is -0.236. The number of halogens is 1. The summed E-state index contributed by atoms with van der Waals surface area (Å²) >= 11 is 0. The molecule has 0 saturated heterocycles. The average Bonchev–Trinajstić information content (AvgIpc) is 2.56. The second-order valence-corrected chi connectivity index (χ2v) is 5.29. The van der Waals surface area contributed by atoms with E-state index in [2.05, 4.69) is 4.94 Å². The Morgan fingerprint density at radius 3 is 2.08 bits per heavy atom. The van der Waals surface area contributed by atoms with Gasteiger partial charge in [-0.15, -0.1) is 0 Å². The van der Waals surface area contributed by atoms with Crippen molar-refractivity contribution in [1.82, 2.24) is 0 Å². The van der Waals surface area contributed by atoms with Crippen LogP contribution < -0.4 is 0 Å². The van der Waals surface area contributed by atoms with Gasteiger partial charge in [0.1, 0.15) is 18.1 Å². The number of hydrogen-bond acceptors (Lipinski definition) is 6. The third-order valence-corrected chi connectivity index (χ3v) is 3.10. The van der Waals surface area contributed by atoms with Crippen LogP contribution in [0.25, 0.3) is 0 Å². The summed E-state index contributed by atoms with van der Waals surface area (Å²) in [5, 5.41) is 44.2. The van der Waals surface area contributed by atoms with Gasteiger partial charge in [0.15, 0.2) is 6.29 Å². The van der Waals surface area contributed by atoms with Crippen molar-refractivity contribution in [2.75, 3.05) is 13.2 Å². The predicted molar refractivity (Wildman–Crippen MR) is 90.9 cm³/mol. The van der Waals surface area contributed by atoms with Crippen LogP contribution in [0.5, 0.6) is 0 Å². The molecule has 5 N–H and O–H groups in total. The fourth-order valence-corrected chi connectivity index (χ4v) is 1.70. The zero-order chi connectivity index (χ0) is 19.1. The Balaban J connectivity index is 0. The molecule has 0 rings (SSSR count). The maximum Gasteiger partial charge on any atom is 0.151 e. The summed E-state index contributed by atoms with van der Waals surface area (Å²) in [4.78, 5) is 3.51. The smallest absolute Gasteiger partial charge is 0.151 e. The molecule has 0 aromatic heterocycles. The van der Waals surface area contributed by atoms with Crippen molar-refractivity contribution in [2.24, 2.45) is 0 Å². The zero-order valence-corrected chi connectivity index (χ0v) is 14.9. The molecule has 0 atom stereocenters. The largest absolute Gasteiger partial charge is 0.512 e. The molecule has 0 spiro atoms. The van der Waals surface area contributed by atoms with E-state index < -0.39 is 12.9 Å². The van der Waals surface area contributed by atoms with Crippen molar-refractivity contribution in [1.29, 1.82) is 0 Å². The minimum atomic E-state index is -1.12. The van der Waals surface area contributed by atoms with E-state index in [0.717, 1.165) is 5.57 Å². The topological polar surface area (TPSA) is 110 Å². The lowest BCUT2D eigenvalue weighted by atomic mass is 10.0. The molecule has 0 amide bonds. The lowest BCUT2D eigenvalue weighted by Crippen LogP contribution is -2.04. The molecule has 0 bridgehead atoms. The summed E-state index contributed by atoms with van der Waals surface area (Å²) in [6, 6.07) is 0. The molecule has 0 fully saturated rings. The Morgan fingerprint density at radius 1 is 1.17 bits per heavy atom. The van der Waals surface area contributed by atoms with Crippen molar-refractivity contribution in [2.45, 2.75) is 59.7 Å². The summed E-state index contributed by atoms with van der Waals surface area (Å²) in [6.45, 7) is 6.56. The monoisotopic (exact) mass is 350 g/mol. The first-order valence-electron chi connectivity index (χ1n) is 7.91. The molecule has 7 heteroatoms. The van der Waals surface area contributed by atoms with E-state index >= 15 is 0 Å². The van der Waals surface area contributed by atoms with Crippen LogP contribution in [0, 0.1) is 0 Å². The van der Waals surface area contributed by atoms with Gasteiger partial charge in [0.05, 0.1) is 5.57 Å². The molecule has 6 nitrogen and oxygen atoms in total. The maximum absolute atomic E-state index is 12.0. The number of hydrogen-bond donors (Lipinski definition) is 5. The molecule has 0 radical (unpaired) electrons. The molecule has 0 unspecified atom stereocenters. The number of aliphatic hydroxyl groups is 5. The van der Waals surface area contributed by atoms with E-state index in [-0.39, 0.29) is 30.1 Å². The molecular weight excluding hydrogens is 319 g/mol. The van der Waals surface area contributed by atoms with Crippen molar-refractivity contribution in [3.63, 3.8) is 0 Å². The Morgan fingerprint density at radius 2 is 1.71 bits per heavy atom. The molecule has 0 aliphatic carbocycles. The molecule has 0 aromatic carbocycles. The molecule has 0 saturated carbocycles. The first-order chi connectivity index (χ1) is 11.2. The molecule has 0 heterocycles. The van der Waals surface area contributed by atoms with E-state index in [1.165, 1.54) is 0 Å². The standard InChI is InChI=1S/C14H23FO4.C3H8O2/c1-4-13(17)12(9-19-15)14(18)11(3)8-10(2)6-5-7-16;1-2-3(4)5/h6,16-18H,4-5,7-9H2,1-3H3;3-5H,2H2,1H3/b10-6+,13-12+,14-11-;. The molecule has 0 aliphatic rings. The average molecular weight is 350 g/mol. The van der Waals surface area contributed by atoms with E-state index in [9.17, 15) is 14.7 Å². The molecule has 0 aliphatic heterocycles. The second kappa shape index (κ2) is 15.1. The van der Waals surface area contributed by atoms with Gasteiger partial charge < -0.3 is 25.5 Å². The van der Waals surface area contributed by atoms with Crippen molar-refractivity contribution in [3.05, 3.63) is 34.3 Å². The van der Waals surface area contributed by atoms with Gasteiger partial charge in [-0.2, -0.15) is 4.94 Å². The van der Waals surface area contributed by atoms with Gasteiger partial charge in [-0.05, 0) is 43.2 Å². The number of rotatable bonds is 9. The zero-order valence-electron chi connectivity index (χ0n) is 14.9. The van der Waals surface area contributed by atoms with Crippen LogP contribution in [0.3, 0.4) is 0 Å². The minimum Gasteiger partial charge on any atom is -0.512 e. The van der Waals surface area contributed by atoms with Gasteiger partial charge in [-0.3, -0.25) is 0 Å². The van der Waals surface area contributed by atoms with Crippen LogP contribution in [0.15, 0.2) is 34.3 Å². The third kappa shape index (κ3) is 12.1. The van der Waals surface area contributed by atoms with E-state index in [1.807, 2.05) is 13.0 Å². The van der Waals surface area contributed by atoms with Crippen molar-refractivity contribution < 1.29 is 35.0 Å². The quantitative estimate of drug-likeness (QED) is 0.189. The van der Waals surface area contributed by atoms with Crippen LogP contribution in [0.4, 0.5) is 4.53 Å². The van der Waals surface area contributed by atoms with Gasteiger partial charge >= 0.3 is 0 Å². The van der Waals surface area contributed by atoms with Crippen LogP contribution in [-0.2, 0) is 4.94 Å². The van der Waals surface area contributed by atoms with Crippen LogP contribution >= 0.6 is 0 Å². The van der Waals surface area contributed by atoms with Crippen molar-refractivity contribution in [3.8, 4) is 0 Å². The van der Waals surface area contributed by atoms with Gasteiger partial charge in [0, 0.05) is 13.0 Å². The van der Waals surface area contributed by atoms with Gasteiger partial charge in [0.2, 0.25) is 0 Å². The molecule has 24 heavy (non-hydrogen) atoms. The number of allylic oxidation sites excluding steroid dienone is 3. The Hall–Kier alpha value is -1.41. The van der Waals surface area contributed by atoms with Crippen LogP contribution in [-0.4, -0.2) is 45.0 Å². The lowest BCUT2D eigenvalue weighted by molar-refractivity contribution is -0.121. The molecular formula is C17H31FO6. The summed E-state index contributed by atoms with van der Waals surface area (Å²) in [5.41, 5.74) is 1.66. The van der Waals surface area contributed by atoms with Crippen molar-refractivity contribution >= 4 is 0 Å². The summed E-state index contributed by atoms with van der Waals surface area (Å²) < 4.78 is 12.0. The summed E-state index contributed by atoms with van der Waals surface area (Å²) in [6.07, 6.45) is 2.49. The van der Waals surface area contributed by atoms with E-state index in [4.69, 9.17) is 15.3 Å². The highest BCUT2D eigenvalue weighted by Crippen LogP contribution is 2.22. The van der Waals surface area contributed by atoms with E-state index in [1.54, 1.807) is 20.8 Å². The van der Waals surface area contributed by atoms with Crippen LogP contribution in [0.2, 0.25) is 0 Å². The highest BCUT2D eigenvalue weighted by Gasteiger charge is 2.13. The Labute approximate surface area is 143 Å². The maximum atomic E-state index is 12.0. The first kappa shape index (κ1) is 24.8. The Kier molecular flexibility index (Phi) is 15.7. The second-order valence-electron chi connectivity index (χ2n) is 5.29. The number of aliphatic hydroxyl groups excluding tert-OH is 4. The highest BCUT2D eigenvalue weighted by molar-refractivity contribution is 5.33. The molecule has 0 aromatic rings. The third-order valence-electron chi connectivity index (χ3n) is 3.10.